The third-order valence-corrected chi connectivity index (χ3v) is 3.80. The van der Waals surface area contributed by atoms with Gasteiger partial charge in [0.05, 0.1) is 11.1 Å². The zero-order valence-electron chi connectivity index (χ0n) is 12.7. The molecular formula is C18H15F3N2O. The molecule has 124 valence electrons. The quantitative estimate of drug-likeness (QED) is 0.767. The molecule has 0 aliphatic rings. The highest BCUT2D eigenvalue weighted by molar-refractivity contribution is 5.95. The van der Waals surface area contributed by atoms with Gasteiger partial charge < -0.3 is 9.88 Å². The number of hydrogen-bond acceptors (Lipinski definition) is 1. The lowest BCUT2D eigenvalue weighted by atomic mass is 10.1. The van der Waals surface area contributed by atoms with Crippen molar-refractivity contribution < 1.29 is 18.0 Å². The van der Waals surface area contributed by atoms with Crippen molar-refractivity contribution in [2.24, 2.45) is 0 Å². The van der Waals surface area contributed by atoms with Crippen LogP contribution in [-0.4, -0.2) is 17.0 Å². The number of fused-ring (bicyclic) bond motifs is 1. The van der Waals surface area contributed by atoms with Crippen LogP contribution in [-0.2, 0) is 12.7 Å². The summed E-state index contributed by atoms with van der Waals surface area (Å²) in [5.74, 6) is -0.723. The average Bonchev–Trinajstić information content (AvgIpc) is 2.97. The Balaban J connectivity index is 1.69. The fraction of sp³-hybridized carbons (Fsp3) is 0.167. The molecule has 0 aliphatic carbocycles. The van der Waals surface area contributed by atoms with Crippen LogP contribution in [0.25, 0.3) is 10.9 Å². The first-order valence-electron chi connectivity index (χ1n) is 7.45. The van der Waals surface area contributed by atoms with E-state index in [2.05, 4.69) is 5.32 Å². The van der Waals surface area contributed by atoms with Crippen LogP contribution in [0, 0.1) is 0 Å². The van der Waals surface area contributed by atoms with E-state index >= 15 is 0 Å². The number of benzene rings is 2. The van der Waals surface area contributed by atoms with Crippen molar-refractivity contribution in [3.8, 4) is 0 Å². The van der Waals surface area contributed by atoms with Crippen LogP contribution in [0.1, 0.15) is 15.9 Å². The number of carbonyl (C=O) groups excluding carboxylic acids is 1. The van der Waals surface area contributed by atoms with Crippen molar-refractivity contribution in [2.45, 2.75) is 12.7 Å². The van der Waals surface area contributed by atoms with Gasteiger partial charge in [0.25, 0.3) is 5.91 Å². The van der Waals surface area contributed by atoms with Crippen LogP contribution >= 0.6 is 0 Å². The summed E-state index contributed by atoms with van der Waals surface area (Å²) in [6.07, 6.45) is -2.66. The van der Waals surface area contributed by atoms with Gasteiger partial charge in [0, 0.05) is 24.8 Å². The molecule has 0 unspecified atom stereocenters. The summed E-state index contributed by atoms with van der Waals surface area (Å²) in [6.45, 7) is 0.719. The number of rotatable bonds is 4. The standard InChI is InChI=1S/C18H15F3N2O/c19-18(20,21)15-7-3-2-6-14(15)17(24)22-10-12-23-11-9-13-5-1-4-8-16(13)23/h1-9,11H,10,12H2,(H,22,24). The number of nitrogens with zero attached hydrogens (tertiary/aromatic N) is 1. The first-order valence-corrected chi connectivity index (χ1v) is 7.45. The highest BCUT2D eigenvalue weighted by atomic mass is 19.4. The van der Waals surface area contributed by atoms with Gasteiger partial charge in [-0.05, 0) is 29.7 Å². The molecule has 3 rings (SSSR count). The van der Waals surface area contributed by atoms with Crippen molar-refractivity contribution in [3.05, 3.63) is 71.9 Å². The molecule has 0 spiro atoms. The monoisotopic (exact) mass is 332 g/mol. The molecule has 6 heteroatoms. The SMILES string of the molecule is O=C(NCCn1ccc2ccccc21)c1ccccc1C(F)(F)F. The topological polar surface area (TPSA) is 34.0 Å². The zero-order valence-corrected chi connectivity index (χ0v) is 12.7. The van der Waals surface area contributed by atoms with Gasteiger partial charge in [-0.1, -0.05) is 30.3 Å². The summed E-state index contributed by atoms with van der Waals surface area (Å²) >= 11 is 0. The van der Waals surface area contributed by atoms with E-state index in [9.17, 15) is 18.0 Å². The minimum atomic E-state index is -4.55. The van der Waals surface area contributed by atoms with E-state index in [4.69, 9.17) is 0 Å². The van der Waals surface area contributed by atoms with Crippen molar-refractivity contribution in [1.82, 2.24) is 9.88 Å². The molecule has 1 heterocycles. The summed E-state index contributed by atoms with van der Waals surface area (Å²) in [4.78, 5) is 12.1. The van der Waals surface area contributed by atoms with Gasteiger partial charge >= 0.3 is 6.18 Å². The van der Waals surface area contributed by atoms with Crippen molar-refractivity contribution >= 4 is 16.8 Å². The molecule has 0 aliphatic heterocycles. The van der Waals surface area contributed by atoms with E-state index in [1.807, 2.05) is 41.1 Å². The summed E-state index contributed by atoms with van der Waals surface area (Å²) in [6, 6.07) is 14.5. The van der Waals surface area contributed by atoms with E-state index in [1.165, 1.54) is 18.2 Å². The molecule has 1 amide bonds. The number of alkyl halides is 3. The first kappa shape index (κ1) is 16.1. The maximum Gasteiger partial charge on any atom is 0.417 e. The van der Waals surface area contributed by atoms with Crippen LogP contribution < -0.4 is 5.32 Å². The Bertz CT molecular complexity index is 868. The number of amides is 1. The van der Waals surface area contributed by atoms with Gasteiger partial charge in [0.15, 0.2) is 0 Å². The molecule has 0 atom stereocenters. The molecule has 0 saturated heterocycles. The van der Waals surface area contributed by atoms with Crippen LogP contribution in [0.4, 0.5) is 13.2 Å². The molecular weight excluding hydrogens is 317 g/mol. The fourth-order valence-electron chi connectivity index (χ4n) is 2.65. The first-order chi connectivity index (χ1) is 11.5. The maximum absolute atomic E-state index is 12.9. The smallest absolute Gasteiger partial charge is 0.350 e. The molecule has 0 bridgehead atoms. The molecule has 1 aromatic heterocycles. The zero-order chi connectivity index (χ0) is 17.2. The van der Waals surface area contributed by atoms with Crippen molar-refractivity contribution in [1.29, 1.82) is 0 Å². The van der Waals surface area contributed by atoms with Gasteiger partial charge in [-0.15, -0.1) is 0 Å². The van der Waals surface area contributed by atoms with Crippen LogP contribution in [0.2, 0.25) is 0 Å². The maximum atomic E-state index is 12.9. The number of halogens is 3. The second kappa shape index (κ2) is 6.39. The fourth-order valence-corrected chi connectivity index (χ4v) is 2.65. The number of para-hydroxylation sites is 1. The predicted octanol–water partition coefficient (Wildman–Crippen LogP) is 4.09. The Labute approximate surface area is 136 Å². The second-order valence-corrected chi connectivity index (χ2v) is 5.37. The number of carbonyl (C=O) groups is 1. The number of aromatic nitrogens is 1. The van der Waals surface area contributed by atoms with Gasteiger partial charge in [0.1, 0.15) is 0 Å². The van der Waals surface area contributed by atoms with E-state index in [-0.39, 0.29) is 12.1 Å². The molecule has 0 saturated carbocycles. The highest BCUT2D eigenvalue weighted by Gasteiger charge is 2.34. The molecule has 1 N–H and O–H groups in total. The number of nitrogens with one attached hydrogen (secondary N) is 1. The summed E-state index contributed by atoms with van der Waals surface area (Å²) < 4.78 is 40.8. The summed E-state index contributed by atoms with van der Waals surface area (Å²) in [5, 5.41) is 3.63. The van der Waals surface area contributed by atoms with E-state index < -0.39 is 17.6 Å². The molecule has 3 aromatic rings. The van der Waals surface area contributed by atoms with E-state index in [0.29, 0.717) is 6.54 Å². The molecule has 0 radical (unpaired) electrons. The minimum absolute atomic E-state index is 0.240. The van der Waals surface area contributed by atoms with Crippen LogP contribution in [0.3, 0.4) is 0 Å². The summed E-state index contributed by atoms with van der Waals surface area (Å²) in [5.41, 5.74) is -0.265. The van der Waals surface area contributed by atoms with Crippen molar-refractivity contribution in [2.75, 3.05) is 6.54 Å². The summed E-state index contributed by atoms with van der Waals surface area (Å²) in [7, 11) is 0. The number of hydrogen-bond donors (Lipinski definition) is 1. The van der Waals surface area contributed by atoms with Crippen LogP contribution in [0.5, 0.6) is 0 Å². The normalized spacial score (nSPS) is 11.6. The van der Waals surface area contributed by atoms with E-state index in [0.717, 1.165) is 17.0 Å². The van der Waals surface area contributed by atoms with Gasteiger partial charge in [-0.3, -0.25) is 4.79 Å². The Morgan fingerprint density at radius 1 is 1.00 bits per heavy atom. The molecule has 24 heavy (non-hydrogen) atoms. The predicted molar refractivity (Wildman–Crippen MR) is 85.7 cm³/mol. The van der Waals surface area contributed by atoms with Gasteiger partial charge in [-0.25, -0.2) is 0 Å². The van der Waals surface area contributed by atoms with Crippen molar-refractivity contribution in [3.63, 3.8) is 0 Å². The highest BCUT2D eigenvalue weighted by Crippen LogP contribution is 2.31. The molecule has 0 fully saturated rings. The Hall–Kier alpha value is -2.76. The Morgan fingerprint density at radius 3 is 2.50 bits per heavy atom. The lowest BCUT2D eigenvalue weighted by molar-refractivity contribution is -0.137. The van der Waals surface area contributed by atoms with Gasteiger partial charge in [-0.2, -0.15) is 13.2 Å². The lowest BCUT2D eigenvalue weighted by Crippen LogP contribution is -2.29. The molecule has 2 aromatic carbocycles. The van der Waals surface area contributed by atoms with E-state index in [1.54, 1.807) is 0 Å². The lowest BCUT2D eigenvalue weighted by Gasteiger charge is -2.13. The van der Waals surface area contributed by atoms with Crippen LogP contribution in [0.15, 0.2) is 60.8 Å². The third kappa shape index (κ3) is 3.27. The van der Waals surface area contributed by atoms with Gasteiger partial charge in [0.2, 0.25) is 0 Å². The molecule has 3 nitrogen and oxygen atoms in total. The Morgan fingerprint density at radius 2 is 1.71 bits per heavy atom. The third-order valence-electron chi connectivity index (χ3n) is 3.80. The Kier molecular flexibility index (Phi) is 4.29. The second-order valence-electron chi connectivity index (χ2n) is 5.37. The average molecular weight is 332 g/mol. The minimum Gasteiger partial charge on any atom is -0.350 e. The largest absolute Gasteiger partial charge is 0.417 e.